The summed E-state index contributed by atoms with van der Waals surface area (Å²) in [6, 6.07) is 17.3. The predicted molar refractivity (Wildman–Crippen MR) is 180 cm³/mol. The van der Waals surface area contributed by atoms with Crippen LogP contribution in [0.2, 0.25) is 0 Å². The fraction of sp³-hybridized carbons (Fsp3) is 0.474. The number of hydrogen-bond donors (Lipinski definition) is 2. The maximum Gasteiger partial charge on any atom is 0.416 e. The van der Waals surface area contributed by atoms with Crippen molar-refractivity contribution in [1.29, 1.82) is 0 Å². The molecule has 2 heterocycles. The van der Waals surface area contributed by atoms with Crippen molar-refractivity contribution in [3.05, 3.63) is 100 Å². The van der Waals surface area contributed by atoms with E-state index in [4.69, 9.17) is 4.74 Å². The first-order valence-electron chi connectivity index (χ1n) is 16.9. The Balaban J connectivity index is 1.50. The third-order valence-electron chi connectivity index (χ3n) is 10.3. The van der Waals surface area contributed by atoms with Gasteiger partial charge in [-0.15, -0.1) is 0 Å². The Bertz CT molecular complexity index is 1630. The number of benzene rings is 3. The van der Waals surface area contributed by atoms with Crippen molar-refractivity contribution < 1.29 is 37.7 Å². The second kappa shape index (κ2) is 14.8. The minimum atomic E-state index is -4.52. The second-order valence-electron chi connectivity index (χ2n) is 13.3. The van der Waals surface area contributed by atoms with E-state index >= 15 is 0 Å². The average molecular weight is 682 g/mol. The van der Waals surface area contributed by atoms with Crippen molar-refractivity contribution in [3.63, 3.8) is 0 Å². The van der Waals surface area contributed by atoms with Crippen LogP contribution < -0.4 is 4.74 Å². The predicted octanol–water partition coefficient (Wildman–Crippen LogP) is 6.68. The number of urea groups is 1. The lowest BCUT2D eigenvalue weighted by Gasteiger charge is -2.47. The van der Waals surface area contributed by atoms with Gasteiger partial charge in [-0.1, -0.05) is 49.4 Å². The van der Waals surface area contributed by atoms with Crippen molar-refractivity contribution >= 4 is 11.9 Å². The lowest BCUT2D eigenvalue weighted by Crippen LogP contribution is -2.57. The van der Waals surface area contributed by atoms with Gasteiger partial charge in [-0.05, 0) is 91.6 Å². The number of aliphatic hydroxyl groups is 2. The van der Waals surface area contributed by atoms with E-state index in [2.05, 4.69) is 0 Å². The monoisotopic (exact) mass is 681 g/mol. The number of ether oxygens (including phenoxy) is 1. The normalized spacial score (nSPS) is 19.5. The number of amides is 3. The Morgan fingerprint density at radius 2 is 1.71 bits per heavy atom. The van der Waals surface area contributed by atoms with Crippen molar-refractivity contribution in [2.75, 3.05) is 33.4 Å². The van der Waals surface area contributed by atoms with Crippen LogP contribution in [0.5, 0.6) is 5.75 Å². The highest BCUT2D eigenvalue weighted by Gasteiger charge is 2.56. The van der Waals surface area contributed by atoms with Crippen LogP contribution in [0, 0.1) is 12.3 Å². The van der Waals surface area contributed by atoms with Crippen molar-refractivity contribution in [3.8, 4) is 5.75 Å². The summed E-state index contributed by atoms with van der Waals surface area (Å²) in [5.74, 6) is 0.506. The molecule has 3 atom stereocenters. The van der Waals surface area contributed by atoms with Gasteiger partial charge in [-0.2, -0.15) is 13.2 Å². The number of aryl methyl sites for hydroxylation is 2. The molecule has 0 aliphatic carbocycles. The minimum absolute atomic E-state index is 0.143. The van der Waals surface area contributed by atoms with Crippen LogP contribution in [0.1, 0.15) is 78.6 Å². The largest absolute Gasteiger partial charge is 0.489 e. The molecule has 0 saturated carbocycles. The van der Waals surface area contributed by atoms with Crippen LogP contribution in [0.3, 0.4) is 0 Å². The van der Waals surface area contributed by atoms with E-state index in [-0.39, 0.29) is 51.1 Å². The molecule has 2 N–H and O–H groups in total. The van der Waals surface area contributed by atoms with Gasteiger partial charge in [0.15, 0.2) is 0 Å². The van der Waals surface area contributed by atoms with Crippen molar-refractivity contribution in [2.45, 2.75) is 77.4 Å². The number of halogens is 3. The van der Waals surface area contributed by atoms with E-state index in [1.807, 2.05) is 55.5 Å². The molecule has 2 aliphatic heterocycles. The molecule has 0 aromatic heterocycles. The maximum atomic E-state index is 14.5. The molecule has 2 aliphatic rings. The molecule has 8 nitrogen and oxygen atoms in total. The first kappa shape index (κ1) is 36.2. The highest BCUT2D eigenvalue weighted by molar-refractivity contribution is 5.86. The summed E-state index contributed by atoms with van der Waals surface area (Å²) in [5.41, 5.74) is 1.89. The third kappa shape index (κ3) is 7.43. The molecule has 2 fully saturated rings. The third-order valence-corrected chi connectivity index (χ3v) is 10.3. The number of rotatable bonds is 11. The van der Waals surface area contributed by atoms with E-state index in [1.165, 1.54) is 4.90 Å². The van der Waals surface area contributed by atoms with Gasteiger partial charge in [0.1, 0.15) is 12.4 Å². The molecule has 49 heavy (non-hydrogen) atoms. The van der Waals surface area contributed by atoms with Crippen LogP contribution in [0.4, 0.5) is 18.0 Å². The summed E-state index contributed by atoms with van der Waals surface area (Å²) in [5, 5.41) is 19.9. The number of aliphatic hydroxyl groups excluding tert-OH is 2. The zero-order chi connectivity index (χ0) is 35.5. The molecule has 0 spiro atoms. The molecule has 0 bridgehead atoms. The van der Waals surface area contributed by atoms with Gasteiger partial charge in [0.05, 0.1) is 29.1 Å². The summed E-state index contributed by atoms with van der Waals surface area (Å²) in [6.45, 7) is 5.83. The second-order valence-corrected chi connectivity index (χ2v) is 13.3. The van der Waals surface area contributed by atoms with Gasteiger partial charge in [0, 0.05) is 33.4 Å². The van der Waals surface area contributed by atoms with E-state index in [1.54, 1.807) is 36.8 Å². The lowest BCUT2D eigenvalue weighted by atomic mass is 9.77. The van der Waals surface area contributed by atoms with E-state index in [0.29, 0.717) is 36.3 Å². The Hall–Kier alpha value is -4.09. The molecule has 2 saturated heterocycles. The molecule has 3 aromatic carbocycles. The molecule has 3 aromatic rings. The van der Waals surface area contributed by atoms with Crippen molar-refractivity contribution in [1.82, 2.24) is 14.7 Å². The van der Waals surface area contributed by atoms with Crippen LogP contribution in [0.25, 0.3) is 0 Å². The Kier molecular flexibility index (Phi) is 10.9. The Morgan fingerprint density at radius 3 is 2.33 bits per heavy atom. The topological polar surface area (TPSA) is 93.6 Å². The van der Waals surface area contributed by atoms with Gasteiger partial charge in [-0.25, -0.2) is 4.79 Å². The smallest absolute Gasteiger partial charge is 0.416 e. The molecule has 3 unspecified atom stereocenters. The van der Waals surface area contributed by atoms with Crippen LogP contribution in [-0.4, -0.2) is 76.2 Å². The summed E-state index contributed by atoms with van der Waals surface area (Å²) in [4.78, 5) is 33.4. The summed E-state index contributed by atoms with van der Waals surface area (Å²) in [6.07, 6.45) is -3.40. The standard InChI is InChI=1S/C38H46F3N3O5/c1-5-27-20-29(22-30(21-27)38(39,40)41)26(3)42(4)36(48)44-16-15-43-33(23-37(13-17-45,14-18-46)35(43)47)34(44)32-12-11-31(19-25(32)2)49-24-28-9-7-6-8-10-28/h6-12,19-22,26,33-34,45-46H,5,13-18,23-24H2,1-4H3. The highest BCUT2D eigenvalue weighted by Crippen LogP contribution is 2.49. The zero-order valence-corrected chi connectivity index (χ0v) is 28.5. The van der Waals surface area contributed by atoms with E-state index in [0.717, 1.165) is 28.8 Å². The zero-order valence-electron chi connectivity index (χ0n) is 28.5. The number of alkyl halides is 3. The van der Waals surface area contributed by atoms with Crippen LogP contribution in [-0.2, 0) is 24.0 Å². The van der Waals surface area contributed by atoms with E-state index in [9.17, 15) is 33.0 Å². The summed E-state index contributed by atoms with van der Waals surface area (Å²) < 4.78 is 47.5. The van der Waals surface area contributed by atoms with E-state index < -0.39 is 35.3 Å². The molecule has 11 heteroatoms. The first-order valence-corrected chi connectivity index (χ1v) is 16.9. The quantitative estimate of drug-likeness (QED) is 0.236. The number of hydrogen-bond acceptors (Lipinski definition) is 5. The molecular formula is C38H46F3N3O5. The SMILES string of the molecule is CCc1cc(C(C)N(C)C(=O)N2CCN3C(=O)C(CCO)(CCO)CC3C2c2ccc(OCc3ccccc3)cc2C)cc(C(F)(F)F)c1. The van der Waals surface area contributed by atoms with Crippen molar-refractivity contribution in [2.24, 2.45) is 5.41 Å². The minimum Gasteiger partial charge on any atom is -0.489 e. The summed E-state index contributed by atoms with van der Waals surface area (Å²) >= 11 is 0. The Morgan fingerprint density at radius 1 is 1.02 bits per heavy atom. The van der Waals surface area contributed by atoms with Gasteiger partial charge < -0.3 is 29.6 Å². The van der Waals surface area contributed by atoms with Gasteiger partial charge in [-0.3, -0.25) is 4.79 Å². The number of fused-ring (bicyclic) bond motifs is 1. The molecule has 0 radical (unpaired) electrons. The number of piperazine rings is 1. The molecule has 5 rings (SSSR count). The Labute approximate surface area is 286 Å². The molecule has 264 valence electrons. The number of carbonyl (C=O) groups excluding carboxylic acids is 2. The number of carbonyl (C=O) groups is 2. The fourth-order valence-electron chi connectivity index (χ4n) is 7.46. The number of nitrogens with zero attached hydrogens (tertiary/aromatic N) is 3. The van der Waals surface area contributed by atoms with Crippen LogP contribution in [0.15, 0.2) is 66.7 Å². The van der Waals surface area contributed by atoms with Crippen LogP contribution >= 0.6 is 0 Å². The fourth-order valence-corrected chi connectivity index (χ4v) is 7.46. The molecule has 3 amide bonds. The lowest BCUT2D eigenvalue weighted by molar-refractivity contribution is -0.140. The average Bonchev–Trinajstić information content (AvgIpc) is 3.36. The molecular weight excluding hydrogens is 635 g/mol. The van der Waals surface area contributed by atoms with Gasteiger partial charge in [0.2, 0.25) is 5.91 Å². The maximum absolute atomic E-state index is 14.5. The highest BCUT2D eigenvalue weighted by atomic mass is 19.4. The first-order chi connectivity index (χ1) is 23.3. The summed E-state index contributed by atoms with van der Waals surface area (Å²) in [7, 11) is 1.59. The van der Waals surface area contributed by atoms with Gasteiger partial charge in [0.25, 0.3) is 0 Å². The van der Waals surface area contributed by atoms with Gasteiger partial charge >= 0.3 is 12.2 Å².